The fourth-order valence-corrected chi connectivity index (χ4v) is 4.40. The second-order valence-electron chi connectivity index (χ2n) is 7.86. The maximum Gasteiger partial charge on any atom is 0.416 e. The lowest BCUT2D eigenvalue weighted by Gasteiger charge is -2.19. The number of carbonyl (C=O) groups is 2. The minimum Gasteiger partial charge on any atom is -0.480 e. The first kappa shape index (κ1) is 23.6. The average Bonchev–Trinajstić information content (AvgIpc) is 3.10. The molecule has 1 aliphatic rings. The summed E-state index contributed by atoms with van der Waals surface area (Å²) < 4.78 is 45.3. The van der Waals surface area contributed by atoms with E-state index in [0.29, 0.717) is 0 Å². The molecule has 3 aromatic carbocycles. The second-order valence-corrected chi connectivity index (χ2v) is 8.30. The molecular weight excluding hydrogens is 471 g/mol. The smallest absolute Gasteiger partial charge is 0.416 e. The van der Waals surface area contributed by atoms with Gasteiger partial charge in [0.05, 0.1) is 5.56 Å². The monoisotopic (exact) mass is 489 g/mol. The third kappa shape index (κ3) is 4.87. The summed E-state index contributed by atoms with van der Waals surface area (Å²) in [7, 11) is 0. The van der Waals surface area contributed by atoms with Crippen molar-refractivity contribution in [1.82, 2.24) is 5.32 Å². The van der Waals surface area contributed by atoms with E-state index in [1.54, 1.807) is 0 Å². The Kier molecular flexibility index (Phi) is 6.52. The number of carbonyl (C=O) groups excluding carboxylic acids is 1. The van der Waals surface area contributed by atoms with Gasteiger partial charge in [-0.3, -0.25) is 0 Å². The van der Waals surface area contributed by atoms with Crippen LogP contribution < -0.4 is 5.32 Å². The van der Waals surface area contributed by atoms with Crippen molar-refractivity contribution in [2.75, 3.05) is 6.61 Å². The molecule has 0 saturated heterocycles. The summed E-state index contributed by atoms with van der Waals surface area (Å²) in [5.41, 5.74) is 2.64. The summed E-state index contributed by atoms with van der Waals surface area (Å²) in [6.07, 6.45) is -6.35. The number of ether oxygens (including phenoxy) is 1. The number of rotatable bonds is 6. The van der Waals surface area contributed by atoms with E-state index < -0.39 is 36.3 Å². The van der Waals surface area contributed by atoms with Gasteiger partial charge < -0.3 is 15.2 Å². The van der Waals surface area contributed by atoms with Crippen molar-refractivity contribution in [2.24, 2.45) is 0 Å². The van der Waals surface area contributed by atoms with Crippen molar-refractivity contribution in [3.05, 3.63) is 94.0 Å². The summed E-state index contributed by atoms with van der Waals surface area (Å²) in [6, 6.07) is 16.6. The molecule has 3 aromatic rings. The number of benzene rings is 3. The van der Waals surface area contributed by atoms with Gasteiger partial charge in [-0.1, -0.05) is 60.1 Å². The Balaban J connectivity index is 1.47. The van der Waals surface area contributed by atoms with E-state index in [1.165, 1.54) is 0 Å². The molecule has 1 amide bonds. The molecule has 4 rings (SSSR count). The first-order chi connectivity index (χ1) is 16.1. The van der Waals surface area contributed by atoms with E-state index in [-0.39, 0.29) is 23.1 Å². The van der Waals surface area contributed by atoms with Gasteiger partial charge in [0.25, 0.3) is 0 Å². The molecule has 1 unspecified atom stereocenters. The summed E-state index contributed by atoms with van der Waals surface area (Å²) in [5.74, 6) is -1.74. The van der Waals surface area contributed by atoms with Crippen molar-refractivity contribution < 1.29 is 32.6 Å². The van der Waals surface area contributed by atoms with Crippen LogP contribution in [0.5, 0.6) is 0 Å². The van der Waals surface area contributed by atoms with Gasteiger partial charge in [0, 0.05) is 17.4 Å². The quantitative estimate of drug-likeness (QED) is 0.452. The van der Waals surface area contributed by atoms with E-state index in [1.807, 2.05) is 48.5 Å². The van der Waals surface area contributed by atoms with Gasteiger partial charge in [-0.25, -0.2) is 9.59 Å². The molecule has 0 aromatic heterocycles. The third-order valence-corrected chi connectivity index (χ3v) is 5.97. The van der Waals surface area contributed by atoms with Crippen LogP contribution in [0, 0.1) is 0 Å². The van der Waals surface area contributed by atoms with E-state index in [2.05, 4.69) is 5.32 Å². The molecule has 0 spiro atoms. The molecule has 1 atom stereocenters. The SMILES string of the molecule is O=C(NC(Cc1cc(Cl)ccc1C(F)(F)F)C(=O)O)OCC1c2ccccc2-c2ccccc21. The van der Waals surface area contributed by atoms with Crippen LogP contribution in [0.1, 0.15) is 28.2 Å². The third-order valence-electron chi connectivity index (χ3n) is 5.73. The van der Waals surface area contributed by atoms with Crippen LogP contribution >= 0.6 is 11.6 Å². The number of carboxylic acid groups (broad SMARTS) is 1. The maximum atomic E-state index is 13.3. The largest absolute Gasteiger partial charge is 0.480 e. The summed E-state index contributed by atoms with van der Waals surface area (Å²) >= 11 is 5.81. The van der Waals surface area contributed by atoms with Gasteiger partial charge >= 0.3 is 18.2 Å². The van der Waals surface area contributed by atoms with Gasteiger partial charge in [0.15, 0.2) is 0 Å². The first-order valence-electron chi connectivity index (χ1n) is 10.3. The fraction of sp³-hybridized carbons (Fsp3) is 0.200. The van der Waals surface area contributed by atoms with Crippen LogP contribution in [0.4, 0.5) is 18.0 Å². The van der Waals surface area contributed by atoms with Crippen molar-refractivity contribution in [1.29, 1.82) is 0 Å². The van der Waals surface area contributed by atoms with E-state index >= 15 is 0 Å². The van der Waals surface area contributed by atoms with Gasteiger partial charge in [-0.15, -0.1) is 0 Å². The zero-order valence-electron chi connectivity index (χ0n) is 17.6. The number of alkyl carbamates (subject to hydrolysis) is 1. The minimum absolute atomic E-state index is 0.0216. The van der Waals surface area contributed by atoms with Crippen LogP contribution in [0.25, 0.3) is 11.1 Å². The van der Waals surface area contributed by atoms with Crippen LogP contribution in [0.2, 0.25) is 5.02 Å². The topological polar surface area (TPSA) is 75.6 Å². The number of halogens is 4. The van der Waals surface area contributed by atoms with E-state index in [0.717, 1.165) is 40.5 Å². The molecule has 0 fully saturated rings. The zero-order valence-corrected chi connectivity index (χ0v) is 18.4. The Hall–Kier alpha value is -3.52. The number of hydrogen-bond donors (Lipinski definition) is 2. The molecule has 9 heteroatoms. The first-order valence-corrected chi connectivity index (χ1v) is 10.7. The molecule has 0 radical (unpaired) electrons. The molecule has 5 nitrogen and oxygen atoms in total. The Morgan fingerprint density at radius 3 is 2.15 bits per heavy atom. The van der Waals surface area contributed by atoms with Crippen molar-refractivity contribution in [2.45, 2.75) is 24.6 Å². The predicted octanol–water partition coefficient (Wildman–Crippen LogP) is 5.89. The van der Waals surface area contributed by atoms with Crippen LogP contribution in [-0.4, -0.2) is 29.8 Å². The second kappa shape index (κ2) is 9.38. The molecule has 0 aliphatic heterocycles. The highest BCUT2D eigenvalue weighted by Gasteiger charge is 2.35. The lowest BCUT2D eigenvalue weighted by atomic mass is 9.98. The summed E-state index contributed by atoms with van der Waals surface area (Å²) in [5, 5.41) is 11.7. The molecule has 1 aliphatic carbocycles. The number of amides is 1. The number of alkyl halides is 3. The van der Waals surface area contributed by atoms with Crippen LogP contribution in [-0.2, 0) is 22.1 Å². The lowest BCUT2D eigenvalue weighted by Crippen LogP contribution is -2.43. The van der Waals surface area contributed by atoms with Crippen molar-refractivity contribution in [3.63, 3.8) is 0 Å². The van der Waals surface area contributed by atoms with Crippen LogP contribution in [0.3, 0.4) is 0 Å². The molecule has 0 bridgehead atoms. The average molecular weight is 490 g/mol. The van der Waals surface area contributed by atoms with Gasteiger partial charge in [0.2, 0.25) is 0 Å². The summed E-state index contributed by atoms with van der Waals surface area (Å²) in [6.45, 7) is -0.0584. The molecular formula is C25H19ClF3NO4. The maximum absolute atomic E-state index is 13.3. The summed E-state index contributed by atoms with van der Waals surface area (Å²) in [4.78, 5) is 24.1. The number of hydrogen-bond acceptors (Lipinski definition) is 3. The Morgan fingerprint density at radius 1 is 1.00 bits per heavy atom. The normalized spacial score (nSPS) is 13.6. The highest BCUT2D eigenvalue weighted by molar-refractivity contribution is 6.30. The molecule has 0 saturated carbocycles. The number of carboxylic acids is 1. The van der Waals surface area contributed by atoms with Crippen LogP contribution in [0.15, 0.2) is 66.7 Å². The molecule has 0 heterocycles. The molecule has 34 heavy (non-hydrogen) atoms. The number of nitrogens with one attached hydrogen (secondary N) is 1. The minimum atomic E-state index is -4.70. The highest BCUT2D eigenvalue weighted by atomic mass is 35.5. The van der Waals surface area contributed by atoms with Gasteiger partial charge in [0.1, 0.15) is 12.6 Å². The van der Waals surface area contributed by atoms with Crippen molar-refractivity contribution >= 4 is 23.7 Å². The van der Waals surface area contributed by atoms with E-state index in [4.69, 9.17) is 16.3 Å². The van der Waals surface area contributed by atoms with Gasteiger partial charge in [-0.2, -0.15) is 13.2 Å². The fourth-order valence-electron chi connectivity index (χ4n) is 4.21. The molecule has 2 N–H and O–H groups in total. The van der Waals surface area contributed by atoms with Gasteiger partial charge in [-0.05, 0) is 46.0 Å². The standard InChI is InChI=1S/C25H19ClF3NO4/c26-15-9-10-21(25(27,28)29)14(11-15)12-22(23(31)32)30-24(33)34-13-20-18-7-3-1-5-16(18)17-6-2-4-8-19(17)20/h1-11,20,22H,12-13H2,(H,30,33)(H,31,32). The Morgan fingerprint density at radius 2 is 1.59 bits per heavy atom. The lowest BCUT2D eigenvalue weighted by molar-refractivity contribution is -0.141. The molecule has 176 valence electrons. The number of fused-ring (bicyclic) bond motifs is 3. The Labute approximate surface area is 198 Å². The Bertz CT molecular complexity index is 1200. The predicted molar refractivity (Wildman–Crippen MR) is 120 cm³/mol. The van der Waals surface area contributed by atoms with E-state index in [9.17, 15) is 27.9 Å². The van der Waals surface area contributed by atoms with Crippen molar-refractivity contribution in [3.8, 4) is 11.1 Å². The zero-order chi connectivity index (χ0) is 24.5. The number of aliphatic carboxylic acids is 1. The highest BCUT2D eigenvalue weighted by Crippen LogP contribution is 2.44.